The zero-order chi connectivity index (χ0) is 25.7. The number of likely N-dealkylation sites (tertiary alicyclic amines) is 1. The van der Waals surface area contributed by atoms with E-state index in [1.807, 2.05) is 31.2 Å². The van der Waals surface area contributed by atoms with Gasteiger partial charge in [-0.2, -0.15) is 0 Å². The lowest BCUT2D eigenvalue weighted by atomic mass is 9.81. The summed E-state index contributed by atoms with van der Waals surface area (Å²) in [6.45, 7) is 1.20. The maximum atomic E-state index is 12.7. The fourth-order valence-electron chi connectivity index (χ4n) is 4.67. The average Bonchev–Trinajstić information content (AvgIpc) is 3.12. The van der Waals surface area contributed by atoms with Gasteiger partial charge in [0, 0.05) is 6.54 Å². The van der Waals surface area contributed by atoms with Crippen LogP contribution >= 0.6 is 0 Å². The van der Waals surface area contributed by atoms with Crippen LogP contribution in [-0.4, -0.2) is 47.6 Å². The second-order valence-corrected chi connectivity index (χ2v) is 9.18. The molecule has 0 radical (unpaired) electrons. The quantitative estimate of drug-likeness (QED) is 0.432. The molecule has 2 fully saturated rings. The van der Waals surface area contributed by atoms with Crippen LogP contribution in [-0.2, 0) is 30.5 Å². The molecule has 9 heteroatoms. The van der Waals surface area contributed by atoms with Gasteiger partial charge in [0.1, 0.15) is 6.54 Å². The largest absolute Gasteiger partial charge is 0.454 e. The van der Waals surface area contributed by atoms with Crippen molar-refractivity contribution in [3.63, 3.8) is 0 Å². The van der Waals surface area contributed by atoms with Crippen molar-refractivity contribution in [1.82, 2.24) is 10.2 Å². The van der Waals surface area contributed by atoms with Gasteiger partial charge in [0.15, 0.2) is 6.61 Å². The predicted octanol–water partition coefficient (Wildman–Crippen LogP) is 2.58. The van der Waals surface area contributed by atoms with Crippen molar-refractivity contribution in [3.8, 4) is 0 Å². The SMILES string of the molecule is Cc1ccc(CNC(=O)c2ccccc2NC(=O)COC(=O)CN2C(=O)[C@H]3CCCC[C@H]3C2=O)cc1. The summed E-state index contributed by atoms with van der Waals surface area (Å²) in [7, 11) is 0. The molecule has 0 bridgehead atoms. The van der Waals surface area contributed by atoms with Crippen LogP contribution < -0.4 is 10.6 Å². The predicted molar refractivity (Wildman–Crippen MR) is 131 cm³/mol. The van der Waals surface area contributed by atoms with Crippen molar-refractivity contribution in [2.75, 3.05) is 18.5 Å². The average molecular weight is 492 g/mol. The second kappa shape index (κ2) is 11.2. The van der Waals surface area contributed by atoms with E-state index in [0.717, 1.165) is 28.9 Å². The van der Waals surface area contributed by atoms with E-state index >= 15 is 0 Å². The molecule has 36 heavy (non-hydrogen) atoms. The first kappa shape index (κ1) is 25.1. The van der Waals surface area contributed by atoms with E-state index in [4.69, 9.17) is 4.74 Å². The molecule has 1 saturated carbocycles. The van der Waals surface area contributed by atoms with Crippen LogP contribution in [0.5, 0.6) is 0 Å². The van der Waals surface area contributed by atoms with Crippen LogP contribution in [0.25, 0.3) is 0 Å². The first-order valence-electron chi connectivity index (χ1n) is 12.1. The smallest absolute Gasteiger partial charge is 0.326 e. The minimum Gasteiger partial charge on any atom is -0.454 e. The van der Waals surface area contributed by atoms with Crippen LogP contribution in [0.4, 0.5) is 5.69 Å². The van der Waals surface area contributed by atoms with Crippen LogP contribution in [0.2, 0.25) is 0 Å². The van der Waals surface area contributed by atoms with Crippen LogP contribution in [0.1, 0.15) is 47.2 Å². The van der Waals surface area contributed by atoms with Gasteiger partial charge in [-0.3, -0.25) is 28.9 Å². The Morgan fingerprint density at radius 3 is 2.25 bits per heavy atom. The number of benzene rings is 2. The fourth-order valence-corrected chi connectivity index (χ4v) is 4.67. The second-order valence-electron chi connectivity index (χ2n) is 9.18. The number of imide groups is 1. The molecule has 4 rings (SSSR count). The Balaban J connectivity index is 1.28. The normalized spacial score (nSPS) is 19.0. The lowest BCUT2D eigenvalue weighted by Gasteiger charge is -2.19. The van der Waals surface area contributed by atoms with Crippen LogP contribution in [0.15, 0.2) is 48.5 Å². The molecule has 2 N–H and O–H groups in total. The molecule has 1 aliphatic heterocycles. The first-order valence-corrected chi connectivity index (χ1v) is 12.1. The number of aryl methyl sites for hydroxylation is 1. The van der Waals surface area contributed by atoms with Crippen molar-refractivity contribution in [3.05, 3.63) is 65.2 Å². The van der Waals surface area contributed by atoms with Gasteiger partial charge in [-0.25, -0.2) is 0 Å². The molecule has 1 heterocycles. The maximum absolute atomic E-state index is 12.7. The number of hydrogen-bond acceptors (Lipinski definition) is 6. The molecule has 2 aromatic carbocycles. The van der Waals surface area contributed by atoms with Gasteiger partial charge in [-0.1, -0.05) is 54.8 Å². The Morgan fingerprint density at radius 2 is 1.58 bits per heavy atom. The summed E-state index contributed by atoms with van der Waals surface area (Å²) in [6.07, 6.45) is 3.09. The molecule has 2 aromatic rings. The number of carbonyl (C=O) groups is 5. The number of nitrogens with one attached hydrogen (secondary N) is 2. The molecule has 0 aromatic heterocycles. The van der Waals surface area contributed by atoms with E-state index in [-0.39, 0.29) is 40.8 Å². The third-order valence-electron chi connectivity index (χ3n) is 6.60. The van der Waals surface area contributed by atoms with Gasteiger partial charge < -0.3 is 15.4 Å². The highest BCUT2D eigenvalue weighted by Crippen LogP contribution is 2.37. The number of para-hydroxylation sites is 1. The van der Waals surface area contributed by atoms with Crippen molar-refractivity contribution < 1.29 is 28.7 Å². The molecule has 1 saturated heterocycles. The minimum atomic E-state index is -0.838. The maximum Gasteiger partial charge on any atom is 0.326 e. The number of anilines is 1. The number of rotatable bonds is 8. The Kier molecular flexibility index (Phi) is 7.77. The van der Waals surface area contributed by atoms with Gasteiger partial charge in [0.2, 0.25) is 11.8 Å². The third-order valence-corrected chi connectivity index (χ3v) is 6.60. The number of nitrogens with zero attached hydrogens (tertiary/aromatic N) is 1. The number of amides is 4. The summed E-state index contributed by atoms with van der Waals surface area (Å²) < 4.78 is 5.01. The number of hydrogen-bond donors (Lipinski definition) is 2. The van der Waals surface area contributed by atoms with Gasteiger partial charge in [0.05, 0.1) is 23.1 Å². The lowest BCUT2D eigenvalue weighted by molar-refractivity contribution is -0.154. The highest BCUT2D eigenvalue weighted by Gasteiger charge is 2.48. The molecule has 2 atom stereocenters. The molecule has 0 spiro atoms. The molecule has 1 aliphatic carbocycles. The monoisotopic (exact) mass is 491 g/mol. The topological polar surface area (TPSA) is 122 Å². The Labute approximate surface area is 209 Å². The van der Waals surface area contributed by atoms with Crippen molar-refractivity contribution in [1.29, 1.82) is 0 Å². The molecular formula is C27H29N3O6. The lowest BCUT2D eigenvalue weighted by Crippen LogP contribution is -2.37. The Bertz CT molecular complexity index is 1150. The molecule has 0 unspecified atom stereocenters. The highest BCUT2D eigenvalue weighted by molar-refractivity contribution is 6.07. The van der Waals surface area contributed by atoms with Crippen molar-refractivity contribution in [2.24, 2.45) is 11.8 Å². The fraction of sp³-hybridized carbons (Fsp3) is 0.370. The van der Waals surface area contributed by atoms with Crippen molar-refractivity contribution >= 4 is 35.3 Å². The highest BCUT2D eigenvalue weighted by atomic mass is 16.5. The molecule has 188 valence electrons. The van der Waals surface area contributed by atoms with Crippen molar-refractivity contribution in [2.45, 2.75) is 39.2 Å². The van der Waals surface area contributed by atoms with E-state index < -0.39 is 25.0 Å². The molecule has 9 nitrogen and oxygen atoms in total. The summed E-state index contributed by atoms with van der Waals surface area (Å²) in [6, 6.07) is 14.3. The van der Waals surface area contributed by atoms with E-state index in [1.54, 1.807) is 24.3 Å². The van der Waals surface area contributed by atoms with E-state index in [2.05, 4.69) is 10.6 Å². The van der Waals surface area contributed by atoms with E-state index in [0.29, 0.717) is 19.4 Å². The molecular weight excluding hydrogens is 462 g/mol. The Morgan fingerprint density at radius 1 is 0.944 bits per heavy atom. The molecule has 4 amide bonds. The number of carbonyl (C=O) groups excluding carboxylic acids is 5. The summed E-state index contributed by atoms with van der Waals surface area (Å²) in [5.41, 5.74) is 2.60. The summed E-state index contributed by atoms with van der Waals surface area (Å²) in [5.74, 6) is -3.22. The number of esters is 1. The van der Waals surface area contributed by atoms with Crippen LogP contribution in [0, 0.1) is 18.8 Å². The van der Waals surface area contributed by atoms with E-state index in [9.17, 15) is 24.0 Å². The molecule has 2 aliphatic rings. The number of fused-ring (bicyclic) bond motifs is 1. The minimum absolute atomic E-state index is 0.264. The Hall–Kier alpha value is -4.01. The summed E-state index contributed by atoms with van der Waals surface area (Å²) in [5, 5.41) is 5.40. The van der Waals surface area contributed by atoms with Gasteiger partial charge in [0.25, 0.3) is 11.8 Å². The van der Waals surface area contributed by atoms with E-state index in [1.165, 1.54) is 0 Å². The van der Waals surface area contributed by atoms with Gasteiger partial charge >= 0.3 is 5.97 Å². The standard InChI is InChI=1S/C27H29N3O6/c1-17-10-12-18(13-11-17)14-28-25(33)21-8-4-5-9-22(21)29-23(31)16-36-24(32)15-30-26(34)19-6-2-3-7-20(19)27(30)35/h4-5,8-13,19-20H,2-3,6-7,14-16H2,1H3,(H,28,33)(H,29,31)/t19-,20+. The first-order chi connectivity index (χ1) is 17.3. The number of ether oxygens (including phenoxy) is 1. The van der Waals surface area contributed by atoms with Gasteiger partial charge in [-0.05, 0) is 37.5 Å². The summed E-state index contributed by atoms with van der Waals surface area (Å²) in [4.78, 5) is 63.3. The zero-order valence-electron chi connectivity index (χ0n) is 20.1. The summed E-state index contributed by atoms with van der Waals surface area (Å²) >= 11 is 0. The van der Waals surface area contributed by atoms with Crippen LogP contribution in [0.3, 0.4) is 0 Å². The van der Waals surface area contributed by atoms with Gasteiger partial charge in [-0.15, -0.1) is 0 Å². The zero-order valence-corrected chi connectivity index (χ0v) is 20.1. The third kappa shape index (κ3) is 5.79.